The fourth-order valence-corrected chi connectivity index (χ4v) is 3.33. The summed E-state index contributed by atoms with van der Waals surface area (Å²) in [6.45, 7) is 0.436. The van der Waals surface area contributed by atoms with Crippen LogP contribution in [0.4, 0.5) is 0 Å². The fourth-order valence-electron chi connectivity index (χ4n) is 2.68. The molecule has 2 aromatic heterocycles. The molecule has 4 aromatic rings. The molecular weight excluding hydrogens is 358 g/mol. The highest BCUT2D eigenvalue weighted by atomic mass is 32.1. The average molecular weight is 375 g/mol. The second-order valence-corrected chi connectivity index (χ2v) is 6.88. The molecule has 4 rings (SSSR count). The third-order valence-corrected chi connectivity index (χ3v) is 4.94. The number of carbonyl (C=O) groups is 1. The van der Waals surface area contributed by atoms with Crippen LogP contribution in [-0.4, -0.2) is 22.6 Å². The number of aromatic nitrogens is 2. The van der Waals surface area contributed by atoms with Gasteiger partial charge in [-0.2, -0.15) is 0 Å². The van der Waals surface area contributed by atoms with E-state index in [1.807, 2.05) is 72.1 Å². The van der Waals surface area contributed by atoms with Gasteiger partial charge in [0.15, 0.2) is 0 Å². The van der Waals surface area contributed by atoms with Gasteiger partial charge in [0.05, 0.1) is 4.88 Å². The van der Waals surface area contributed by atoms with Crippen LogP contribution in [0.15, 0.2) is 76.5 Å². The minimum absolute atomic E-state index is 0.118. The van der Waals surface area contributed by atoms with Crippen molar-refractivity contribution in [3.8, 4) is 21.9 Å². The Morgan fingerprint density at radius 3 is 2.44 bits per heavy atom. The van der Waals surface area contributed by atoms with Crippen molar-refractivity contribution in [1.82, 2.24) is 15.5 Å². The summed E-state index contributed by atoms with van der Waals surface area (Å²) in [6.07, 6.45) is 0.492. The van der Waals surface area contributed by atoms with Crippen LogP contribution >= 0.6 is 11.3 Å². The lowest BCUT2D eigenvalue weighted by Gasteiger charge is -2.05. The van der Waals surface area contributed by atoms with Crippen LogP contribution in [0.5, 0.6) is 0 Å². The summed E-state index contributed by atoms with van der Waals surface area (Å²) in [5.74, 6) is 0.911. The van der Waals surface area contributed by atoms with Gasteiger partial charge in [-0.25, -0.2) is 0 Å². The summed E-state index contributed by atoms with van der Waals surface area (Å²) >= 11 is 1.55. The Hall–Kier alpha value is -3.25. The number of hydrogen-bond donors (Lipinski definition) is 1. The van der Waals surface area contributed by atoms with Crippen LogP contribution in [0.25, 0.3) is 21.9 Å². The smallest absolute Gasteiger partial charge is 0.257 e. The van der Waals surface area contributed by atoms with Crippen molar-refractivity contribution in [2.75, 3.05) is 6.54 Å². The van der Waals surface area contributed by atoms with Crippen LogP contribution in [0.3, 0.4) is 0 Å². The van der Waals surface area contributed by atoms with Gasteiger partial charge >= 0.3 is 0 Å². The molecular formula is C21H17N3O2S. The Balaban J connectivity index is 1.32. The molecule has 0 saturated heterocycles. The van der Waals surface area contributed by atoms with Gasteiger partial charge in [-0.1, -0.05) is 48.5 Å². The highest BCUT2D eigenvalue weighted by molar-refractivity contribution is 7.13. The van der Waals surface area contributed by atoms with Crippen molar-refractivity contribution in [3.05, 3.63) is 83.6 Å². The first-order chi connectivity index (χ1) is 13.3. The van der Waals surface area contributed by atoms with E-state index in [-0.39, 0.29) is 5.91 Å². The molecule has 1 N–H and O–H groups in total. The van der Waals surface area contributed by atoms with Crippen molar-refractivity contribution in [3.63, 3.8) is 0 Å². The maximum atomic E-state index is 12.3. The maximum Gasteiger partial charge on any atom is 0.257 e. The monoisotopic (exact) mass is 375 g/mol. The van der Waals surface area contributed by atoms with Crippen molar-refractivity contribution >= 4 is 17.2 Å². The lowest BCUT2D eigenvalue weighted by molar-refractivity contribution is 0.0953. The first-order valence-electron chi connectivity index (χ1n) is 8.59. The first kappa shape index (κ1) is 17.2. The summed E-state index contributed by atoms with van der Waals surface area (Å²) in [6, 6.07) is 21.5. The Morgan fingerprint density at radius 1 is 0.926 bits per heavy atom. The third-order valence-electron chi connectivity index (χ3n) is 4.08. The third kappa shape index (κ3) is 4.12. The SMILES string of the molecule is O=C(NCCc1nnc(-c2cccs2)o1)c1ccc(-c2ccccc2)cc1. The number of thiophene rings is 1. The molecule has 6 heteroatoms. The van der Waals surface area contributed by atoms with E-state index >= 15 is 0 Å². The summed E-state index contributed by atoms with van der Waals surface area (Å²) in [4.78, 5) is 13.2. The maximum absolute atomic E-state index is 12.3. The van der Waals surface area contributed by atoms with Gasteiger partial charge in [0, 0.05) is 18.5 Å². The van der Waals surface area contributed by atoms with Crippen molar-refractivity contribution in [2.24, 2.45) is 0 Å². The zero-order valence-electron chi connectivity index (χ0n) is 14.5. The van der Waals surface area contributed by atoms with Gasteiger partial charge < -0.3 is 9.73 Å². The second kappa shape index (κ2) is 7.97. The van der Waals surface area contributed by atoms with E-state index in [1.54, 1.807) is 11.3 Å². The summed E-state index contributed by atoms with van der Waals surface area (Å²) in [5, 5.41) is 12.9. The normalized spacial score (nSPS) is 10.7. The molecule has 0 spiro atoms. The van der Waals surface area contributed by atoms with E-state index in [2.05, 4.69) is 15.5 Å². The van der Waals surface area contributed by atoms with Gasteiger partial charge in [-0.05, 0) is 34.7 Å². The van der Waals surface area contributed by atoms with Gasteiger partial charge in [-0.3, -0.25) is 4.79 Å². The van der Waals surface area contributed by atoms with Gasteiger partial charge in [0.25, 0.3) is 11.8 Å². The number of rotatable bonds is 6. The Morgan fingerprint density at radius 2 is 1.70 bits per heavy atom. The molecule has 0 saturated carbocycles. The molecule has 0 atom stereocenters. The van der Waals surface area contributed by atoms with E-state index in [0.29, 0.717) is 30.3 Å². The zero-order chi connectivity index (χ0) is 18.5. The Kier molecular flexibility index (Phi) is 5.07. The average Bonchev–Trinajstić information content (AvgIpc) is 3.40. The summed E-state index contributed by atoms with van der Waals surface area (Å²) < 4.78 is 5.62. The molecule has 0 aliphatic rings. The Bertz CT molecular complexity index is 1010. The first-order valence-corrected chi connectivity index (χ1v) is 9.47. The molecule has 1 amide bonds. The lowest BCUT2D eigenvalue weighted by atomic mass is 10.0. The number of nitrogens with one attached hydrogen (secondary N) is 1. The molecule has 0 fully saturated rings. The standard InChI is InChI=1S/C21H17N3O2S/c25-20(17-10-8-16(9-11-17)15-5-2-1-3-6-15)22-13-12-19-23-24-21(26-19)18-7-4-14-27-18/h1-11,14H,12-13H2,(H,22,25). The molecule has 134 valence electrons. The summed E-state index contributed by atoms with van der Waals surface area (Å²) in [5.41, 5.74) is 2.83. The van der Waals surface area contributed by atoms with Gasteiger partial charge in [0.1, 0.15) is 0 Å². The second-order valence-electron chi connectivity index (χ2n) is 5.93. The number of hydrogen-bond acceptors (Lipinski definition) is 5. The summed E-state index contributed by atoms with van der Waals surface area (Å²) in [7, 11) is 0. The highest BCUT2D eigenvalue weighted by Gasteiger charge is 2.10. The number of benzene rings is 2. The predicted molar refractivity (Wildman–Crippen MR) is 106 cm³/mol. The minimum atomic E-state index is -0.118. The number of nitrogens with zero attached hydrogens (tertiary/aromatic N) is 2. The minimum Gasteiger partial charge on any atom is -0.420 e. The van der Waals surface area contributed by atoms with Crippen LogP contribution in [-0.2, 0) is 6.42 Å². The fraction of sp³-hybridized carbons (Fsp3) is 0.0952. The van der Waals surface area contributed by atoms with Crippen molar-refractivity contribution < 1.29 is 9.21 Å². The number of amides is 1. The molecule has 0 aliphatic carbocycles. The van der Waals surface area contributed by atoms with Gasteiger partial charge in [0.2, 0.25) is 5.89 Å². The zero-order valence-corrected chi connectivity index (χ0v) is 15.3. The molecule has 0 bridgehead atoms. The molecule has 27 heavy (non-hydrogen) atoms. The molecule has 0 aliphatic heterocycles. The highest BCUT2D eigenvalue weighted by Crippen LogP contribution is 2.23. The molecule has 0 radical (unpaired) electrons. The van der Waals surface area contributed by atoms with Gasteiger partial charge in [-0.15, -0.1) is 21.5 Å². The van der Waals surface area contributed by atoms with E-state index in [1.165, 1.54) is 0 Å². The molecule has 2 heterocycles. The van der Waals surface area contributed by atoms with E-state index < -0.39 is 0 Å². The molecule has 5 nitrogen and oxygen atoms in total. The predicted octanol–water partition coefficient (Wildman–Crippen LogP) is 4.44. The quantitative estimate of drug-likeness (QED) is 0.541. The van der Waals surface area contributed by atoms with Crippen molar-refractivity contribution in [1.29, 1.82) is 0 Å². The number of carbonyl (C=O) groups excluding carboxylic acids is 1. The van der Waals surface area contributed by atoms with Crippen LogP contribution in [0.1, 0.15) is 16.2 Å². The van der Waals surface area contributed by atoms with E-state index in [4.69, 9.17) is 4.42 Å². The van der Waals surface area contributed by atoms with E-state index in [0.717, 1.165) is 16.0 Å². The van der Waals surface area contributed by atoms with E-state index in [9.17, 15) is 4.79 Å². The Labute approximate surface area is 160 Å². The van der Waals surface area contributed by atoms with Crippen LogP contribution in [0.2, 0.25) is 0 Å². The van der Waals surface area contributed by atoms with Crippen LogP contribution in [0, 0.1) is 0 Å². The topological polar surface area (TPSA) is 68.0 Å². The van der Waals surface area contributed by atoms with Crippen LogP contribution < -0.4 is 5.32 Å². The van der Waals surface area contributed by atoms with Crippen molar-refractivity contribution in [2.45, 2.75) is 6.42 Å². The molecule has 2 aromatic carbocycles. The largest absolute Gasteiger partial charge is 0.420 e. The molecule has 0 unspecified atom stereocenters. The lowest BCUT2D eigenvalue weighted by Crippen LogP contribution is -2.25.